The Morgan fingerprint density at radius 3 is 2.42 bits per heavy atom. The minimum absolute atomic E-state index is 0.294. The first kappa shape index (κ1) is 17.5. The number of nitrogens with zero attached hydrogens (tertiary/aromatic N) is 2. The van der Waals surface area contributed by atoms with Gasteiger partial charge < -0.3 is 20.3 Å². The number of ether oxygens (including phenoxy) is 1. The second kappa shape index (κ2) is 7.86. The summed E-state index contributed by atoms with van der Waals surface area (Å²) in [6, 6.07) is 0. The molecule has 0 aromatic carbocycles. The van der Waals surface area contributed by atoms with E-state index in [4.69, 9.17) is 4.74 Å². The molecule has 1 amide bonds. The highest BCUT2D eigenvalue weighted by Crippen LogP contribution is 2.09. The molecular weight excluding hydrogens is 244 g/mol. The van der Waals surface area contributed by atoms with Gasteiger partial charge in [-0.3, -0.25) is 4.99 Å². The van der Waals surface area contributed by atoms with Gasteiger partial charge >= 0.3 is 6.09 Å². The zero-order valence-electron chi connectivity index (χ0n) is 13.2. The molecule has 0 saturated carbocycles. The van der Waals surface area contributed by atoms with E-state index in [1.807, 2.05) is 27.8 Å². The number of nitrogens with one attached hydrogen (secondary N) is 2. The van der Waals surface area contributed by atoms with Crippen molar-refractivity contribution in [2.75, 3.05) is 34.2 Å². The van der Waals surface area contributed by atoms with Crippen molar-refractivity contribution >= 4 is 12.1 Å². The van der Waals surface area contributed by atoms with E-state index in [9.17, 15) is 4.79 Å². The number of hydrogen-bond acceptors (Lipinski definition) is 3. The molecule has 0 fully saturated rings. The van der Waals surface area contributed by atoms with Crippen molar-refractivity contribution in [3.63, 3.8) is 0 Å². The molecule has 0 aliphatic heterocycles. The van der Waals surface area contributed by atoms with Crippen LogP contribution in [-0.4, -0.2) is 56.8 Å². The number of rotatable bonds is 4. The molecule has 0 rings (SSSR count). The summed E-state index contributed by atoms with van der Waals surface area (Å²) in [4.78, 5) is 17.4. The van der Waals surface area contributed by atoms with Crippen LogP contribution in [0.15, 0.2) is 4.99 Å². The number of carbonyl (C=O) groups is 1. The summed E-state index contributed by atoms with van der Waals surface area (Å²) in [5, 5.41) is 6.12. The molecule has 6 nitrogen and oxygen atoms in total. The van der Waals surface area contributed by atoms with E-state index < -0.39 is 5.60 Å². The van der Waals surface area contributed by atoms with Crippen LogP contribution < -0.4 is 10.6 Å². The topological polar surface area (TPSA) is 66.0 Å². The Morgan fingerprint density at radius 2 is 2.00 bits per heavy atom. The lowest BCUT2D eigenvalue weighted by molar-refractivity contribution is 0.0278. The molecule has 0 aromatic rings. The Balaban J connectivity index is 4.11. The number of guanidine groups is 1. The van der Waals surface area contributed by atoms with Crippen LogP contribution in [0.2, 0.25) is 0 Å². The molecule has 6 heteroatoms. The molecule has 0 radical (unpaired) electrons. The summed E-state index contributed by atoms with van der Waals surface area (Å²) >= 11 is 0. The predicted molar refractivity (Wildman–Crippen MR) is 78.4 cm³/mol. The maximum Gasteiger partial charge on any atom is 0.410 e. The average Bonchev–Trinajstić information content (AvgIpc) is 2.28. The van der Waals surface area contributed by atoms with E-state index in [0.29, 0.717) is 12.5 Å². The Morgan fingerprint density at radius 1 is 1.42 bits per heavy atom. The van der Waals surface area contributed by atoms with Gasteiger partial charge in [0, 0.05) is 34.2 Å². The van der Waals surface area contributed by atoms with Gasteiger partial charge in [-0.2, -0.15) is 0 Å². The third-order valence-electron chi connectivity index (χ3n) is 2.37. The number of hydrogen-bond donors (Lipinski definition) is 2. The predicted octanol–water partition coefficient (Wildman–Crippen LogP) is 1.28. The lowest BCUT2D eigenvalue weighted by atomic mass is 10.1. The highest BCUT2D eigenvalue weighted by Gasteiger charge is 2.20. The SMILES string of the molecule is CN=C(NC)NC[C@H](C)CN(C)C(=O)OC(C)(C)C. The van der Waals surface area contributed by atoms with E-state index in [-0.39, 0.29) is 6.09 Å². The zero-order chi connectivity index (χ0) is 15.1. The van der Waals surface area contributed by atoms with Crippen LogP contribution in [0.5, 0.6) is 0 Å². The molecule has 112 valence electrons. The fraction of sp³-hybridized carbons (Fsp3) is 0.846. The third kappa shape index (κ3) is 8.29. The van der Waals surface area contributed by atoms with E-state index in [2.05, 4.69) is 22.5 Å². The molecule has 0 saturated heterocycles. The Kier molecular flexibility index (Phi) is 7.26. The van der Waals surface area contributed by atoms with Crippen molar-refractivity contribution in [1.82, 2.24) is 15.5 Å². The van der Waals surface area contributed by atoms with Gasteiger partial charge in [0.05, 0.1) is 0 Å². The summed E-state index contributed by atoms with van der Waals surface area (Å²) < 4.78 is 5.30. The Hall–Kier alpha value is -1.46. The van der Waals surface area contributed by atoms with Crippen LogP contribution in [0.3, 0.4) is 0 Å². The van der Waals surface area contributed by atoms with Crippen molar-refractivity contribution in [1.29, 1.82) is 0 Å². The first-order chi connectivity index (χ1) is 8.69. The number of amides is 1. The molecule has 0 aromatic heterocycles. The minimum atomic E-state index is -0.457. The normalized spacial score (nSPS) is 13.7. The fourth-order valence-electron chi connectivity index (χ4n) is 1.50. The Labute approximate surface area is 116 Å². The van der Waals surface area contributed by atoms with Crippen LogP contribution in [0, 0.1) is 5.92 Å². The highest BCUT2D eigenvalue weighted by atomic mass is 16.6. The summed E-state index contributed by atoms with van der Waals surface area (Å²) in [7, 11) is 5.28. The van der Waals surface area contributed by atoms with Crippen LogP contribution in [0.4, 0.5) is 4.79 Å². The van der Waals surface area contributed by atoms with Crippen molar-refractivity contribution in [2.24, 2.45) is 10.9 Å². The molecule has 0 aliphatic carbocycles. The largest absolute Gasteiger partial charge is 0.444 e. The standard InChI is InChI=1S/C13H28N4O2/c1-10(8-16-11(14-5)15-6)9-17(7)12(18)19-13(2,3)4/h10H,8-9H2,1-7H3,(H2,14,15,16)/t10-/m0/s1. The van der Waals surface area contributed by atoms with E-state index in [1.54, 1.807) is 19.0 Å². The van der Waals surface area contributed by atoms with Crippen LogP contribution in [0.25, 0.3) is 0 Å². The maximum absolute atomic E-state index is 11.8. The van der Waals surface area contributed by atoms with Crippen LogP contribution in [-0.2, 0) is 4.74 Å². The Bertz CT molecular complexity index is 310. The van der Waals surface area contributed by atoms with E-state index in [0.717, 1.165) is 12.5 Å². The molecule has 19 heavy (non-hydrogen) atoms. The molecule has 0 aliphatic rings. The number of carbonyl (C=O) groups excluding carboxylic acids is 1. The summed E-state index contributed by atoms with van der Waals surface area (Å²) in [5.74, 6) is 1.04. The van der Waals surface area contributed by atoms with E-state index >= 15 is 0 Å². The molecule has 0 spiro atoms. The van der Waals surface area contributed by atoms with Crippen molar-refractivity contribution in [3.05, 3.63) is 0 Å². The first-order valence-corrected chi connectivity index (χ1v) is 6.52. The van der Waals surface area contributed by atoms with Gasteiger partial charge in [-0.1, -0.05) is 6.92 Å². The first-order valence-electron chi connectivity index (χ1n) is 6.52. The quantitative estimate of drug-likeness (QED) is 0.598. The molecule has 0 unspecified atom stereocenters. The fourth-order valence-corrected chi connectivity index (χ4v) is 1.50. The number of aliphatic imine (C=N–C) groups is 1. The smallest absolute Gasteiger partial charge is 0.410 e. The monoisotopic (exact) mass is 272 g/mol. The molecule has 0 heterocycles. The van der Waals surface area contributed by atoms with Crippen molar-refractivity contribution in [3.8, 4) is 0 Å². The van der Waals surface area contributed by atoms with Crippen LogP contribution in [0.1, 0.15) is 27.7 Å². The lowest BCUT2D eigenvalue weighted by Crippen LogP contribution is -2.41. The van der Waals surface area contributed by atoms with Gasteiger partial charge in [0.15, 0.2) is 5.96 Å². The van der Waals surface area contributed by atoms with Gasteiger partial charge in [-0.25, -0.2) is 4.79 Å². The van der Waals surface area contributed by atoms with Gasteiger partial charge in [0.2, 0.25) is 0 Å². The summed E-state index contributed by atoms with van der Waals surface area (Å²) in [5.41, 5.74) is -0.457. The van der Waals surface area contributed by atoms with Crippen LogP contribution >= 0.6 is 0 Å². The third-order valence-corrected chi connectivity index (χ3v) is 2.37. The summed E-state index contributed by atoms with van der Waals surface area (Å²) in [6.07, 6.45) is -0.294. The van der Waals surface area contributed by atoms with E-state index in [1.165, 1.54) is 0 Å². The molecule has 1 atom stereocenters. The molecule has 0 bridgehead atoms. The van der Waals surface area contributed by atoms with Gasteiger partial charge in [-0.15, -0.1) is 0 Å². The second-order valence-corrected chi connectivity index (χ2v) is 5.67. The minimum Gasteiger partial charge on any atom is -0.444 e. The maximum atomic E-state index is 11.8. The molecular formula is C13H28N4O2. The average molecular weight is 272 g/mol. The highest BCUT2D eigenvalue weighted by molar-refractivity contribution is 5.79. The van der Waals surface area contributed by atoms with Crippen molar-refractivity contribution < 1.29 is 9.53 Å². The van der Waals surface area contributed by atoms with Gasteiger partial charge in [0.25, 0.3) is 0 Å². The summed E-state index contributed by atoms with van der Waals surface area (Å²) in [6.45, 7) is 9.02. The van der Waals surface area contributed by atoms with Gasteiger partial charge in [0.1, 0.15) is 5.60 Å². The lowest BCUT2D eigenvalue weighted by Gasteiger charge is -2.26. The zero-order valence-corrected chi connectivity index (χ0v) is 13.2. The van der Waals surface area contributed by atoms with Gasteiger partial charge in [-0.05, 0) is 26.7 Å². The van der Waals surface area contributed by atoms with Crippen molar-refractivity contribution in [2.45, 2.75) is 33.3 Å². The molecule has 2 N–H and O–H groups in total. The second-order valence-electron chi connectivity index (χ2n) is 5.67.